The summed E-state index contributed by atoms with van der Waals surface area (Å²) in [5.74, 6) is -0.680. The molecule has 1 aromatic rings. The zero-order valence-corrected chi connectivity index (χ0v) is 11.7. The molecule has 1 unspecified atom stereocenters. The van der Waals surface area contributed by atoms with Gasteiger partial charge in [-0.1, -0.05) is 24.9 Å². The fourth-order valence-corrected chi connectivity index (χ4v) is 2.03. The van der Waals surface area contributed by atoms with E-state index in [-0.39, 0.29) is 29.0 Å². The normalized spacial score (nSPS) is 12.2. The predicted molar refractivity (Wildman–Crippen MR) is 73.8 cm³/mol. The number of rotatable bonds is 7. The molecule has 0 bridgehead atoms. The van der Waals surface area contributed by atoms with Gasteiger partial charge in [0.15, 0.2) is 0 Å². The first-order valence-electron chi connectivity index (χ1n) is 6.42. The van der Waals surface area contributed by atoms with Crippen molar-refractivity contribution in [3.8, 4) is 0 Å². The molecule has 1 amide bonds. The van der Waals surface area contributed by atoms with Crippen molar-refractivity contribution < 1.29 is 14.3 Å². The highest BCUT2D eigenvalue weighted by Crippen LogP contribution is 2.16. The van der Waals surface area contributed by atoms with E-state index in [1.165, 1.54) is 12.1 Å². The average molecular weight is 288 g/mol. The lowest BCUT2D eigenvalue weighted by Gasteiger charge is -2.15. The first-order chi connectivity index (χ1) is 9.08. The van der Waals surface area contributed by atoms with E-state index in [2.05, 4.69) is 12.2 Å². The maximum Gasteiger partial charge on any atom is 0.251 e. The van der Waals surface area contributed by atoms with Gasteiger partial charge >= 0.3 is 0 Å². The maximum absolute atomic E-state index is 13.2. The van der Waals surface area contributed by atoms with E-state index in [0.717, 1.165) is 18.9 Å². The van der Waals surface area contributed by atoms with Gasteiger partial charge < -0.3 is 10.4 Å². The van der Waals surface area contributed by atoms with E-state index in [9.17, 15) is 9.18 Å². The number of carbonyl (C=O) groups is 1. The van der Waals surface area contributed by atoms with Crippen LogP contribution in [0.15, 0.2) is 18.2 Å². The van der Waals surface area contributed by atoms with Crippen LogP contribution in [-0.2, 0) is 0 Å². The van der Waals surface area contributed by atoms with E-state index in [0.29, 0.717) is 13.0 Å². The van der Waals surface area contributed by atoms with E-state index < -0.39 is 5.82 Å². The monoisotopic (exact) mass is 287 g/mol. The highest BCUT2D eigenvalue weighted by molar-refractivity contribution is 6.30. The van der Waals surface area contributed by atoms with E-state index in [1.54, 1.807) is 0 Å². The van der Waals surface area contributed by atoms with Gasteiger partial charge in [0.2, 0.25) is 0 Å². The van der Waals surface area contributed by atoms with Crippen molar-refractivity contribution in [2.75, 3.05) is 13.2 Å². The van der Waals surface area contributed by atoms with Crippen LogP contribution in [0.2, 0.25) is 5.02 Å². The first-order valence-corrected chi connectivity index (χ1v) is 6.80. The quantitative estimate of drug-likeness (QED) is 0.810. The third-order valence-electron chi connectivity index (χ3n) is 2.97. The fourth-order valence-electron chi connectivity index (χ4n) is 1.92. The lowest BCUT2D eigenvalue weighted by atomic mass is 10.00. The van der Waals surface area contributed by atoms with Crippen molar-refractivity contribution in [3.05, 3.63) is 34.6 Å². The van der Waals surface area contributed by atoms with Gasteiger partial charge in [-0.05, 0) is 37.0 Å². The van der Waals surface area contributed by atoms with Crippen LogP contribution in [0, 0.1) is 11.7 Å². The fraction of sp³-hybridized carbons (Fsp3) is 0.500. The molecule has 5 heteroatoms. The average Bonchev–Trinajstić information content (AvgIpc) is 2.39. The van der Waals surface area contributed by atoms with Crippen LogP contribution in [0.5, 0.6) is 0 Å². The molecule has 1 rings (SSSR count). The van der Waals surface area contributed by atoms with Crippen molar-refractivity contribution in [1.82, 2.24) is 5.32 Å². The Bertz CT molecular complexity index is 420. The second-order valence-corrected chi connectivity index (χ2v) is 4.91. The number of amides is 1. The Kier molecular flexibility index (Phi) is 6.81. The minimum atomic E-state index is -0.602. The molecule has 2 N–H and O–H groups in total. The number of aliphatic hydroxyl groups is 1. The molecule has 0 aliphatic carbocycles. The third-order valence-corrected chi connectivity index (χ3v) is 3.27. The van der Waals surface area contributed by atoms with Crippen LogP contribution in [0.1, 0.15) is 36.5 Å². The number of hydrogen-bond acceptors (Lipinski definition) is 2. The second kappa shape index (κ2) is 8.12. The molecule has 0 saturated heterocycles. The summed E-state index contributed by atoms with van der Waals surface area (Å²) in [7, 11) is 0. The van der Waals surface area contributed by atoms with E-state index in [1.807, 2.05) is 0 Å². The van der Waals surface area contributed by atoms with E-state index >= 15 is 0 Å². The molecule has 1 atom stereocenters. The van der Waals surface area contributed by atoms with E-state index in [4.69, 9.17) is 16.7 Å². The molecule has 0 saturated carbocycles. The summed E-state index contributed by atoms with van der Waals surface area (Å²) < 4.78 is 13.2. The molecule has 0 heterocycles. The Morgan fingerprint density at radius 2 is 2.21 bits per heavy atom. The van der Waals surface area contributed by atoms with Crippen LogP contribution in [0.4, 0.5) is 4.39 Å². The SMILES string of the molecule is CCCC(CCO)CNC(=O)c1ccc(Cl)c(F)c1. The molecular weight excluding hydrogens is 269 g/mol. The number of benzene rings is 1. The van der Waals surface area contributed by atoms with Crippen LogP contribution in [-0.4, -0.2) is 24.2 Å². The molecule has 0 radical (unpaired) electrons. The molecular formula is C14H19ClFNO2. The maximum atomic E-state index is 13.2. The van der Waals surface area contributed by atoms with Gasteiger partial charge in [0.25, 0.3) is 5.91 Å². The standard InChI is InChI=1S/C14H19ClFNO2/c1-2-3-10(6-7-18)9-17-14(19)11-4-5-12(15)13(16)8-11/h4-5,8,10,18H,2-3,6-7,9H2,1H3,(H,17,19). The Labute approximate surface area is 117 Å². The van der Waals surface area contributed by atoms with Gasteiger partial charge in [0.1, 0.15) is 5.82 Å². The topological polar surface area (TPSA) is 49.3 Å². The molecule has 0 fully saturated rings. The van der Waals surface area contributed by atoms with Crippen LogP contribution in [0.25, 0.3) is 0 Å². The number of hydrogen-bond donors (Lipinski definition) is 2. The Hall–Kier alpha value is -1.13. The Morgan fingerprint density at radius 1 is 1.47 bits per heavy atom. The van der Waals surface area contributed by atoms with Crippen LogP contribution < -0.4 is 5.32 Å². The minimum Gasteiger partial charge on any atom is -0.396 e. The van der Waals surface area contributed by atoms with Crippen molar-refractivity contribution in [3.63, 3.8) is 0 Å². The van der Waals surface area contributed by atoms with Gasteiger partial charge in [-0.3, -0.25) is 4.79 Å². The van der Waals surface area contributed by atoms with Gasteiger partial charge in [-0.15, -0.1) is 0 Å². The number of nitrogens with one attached hydrogen (secondary N) is 1. The molecule has 3 nitrogen and oxygen atoms in total. The van der Waals surface area contributed by atoms with Crippen molar-refractivity contribution in [2.24, 2.45) is 5.92 Å². The van der Waals surface area contributed by atoms with Crippen molar-refractivity contribution >= 4 is 17.5 Å². The Morgan fingerprint density at radius 3 is 2.79 bits per heavy atom. The highest BCUT2D eigenvalue weighted by atomic mass is 35.5. The summed E-state index contributed by atoms with van der Waals surface area (Å²) in [5, 5.41) is 11.7. The Balaban J connectivity index is 2.56. The summed E-state index contributed by atoms with van der Waals surface area (Å²) >= 11 is 5.56. The lowest BCUT2D eigenvalue weighted by Crippen LogP contribution is -2.29. The number of aliphatic hydroxyl groups excluding tert-OH is 1. The first kappa shape index (κ1) is 15.9. The molecule has 0 aliphatic heterocycles. The molecule has 0 aliphatic rings. The van der Waals surface area contributed by atoms with Crippen LogP contribution >= 0.6 is 11.6 Å². The molecule has 0 aromatic heterocycles. The molecule has 0 spiro atoms. The zero-order chi connectivity index (χ0) is 14.3. The smallest absolute Gasteiger partial charge is 0.251 e. The number of halogens is 2. The predicted octanol–water partition coefficient (Wildman–Crippen LogP) is 3.01. The summed E-state index contributed by atoms with van der Waals surface area (Å²) in [5.41, 5.74) is 0.251. The molecule has 19 heavy (non-hydrogen) atoms. The molecule has 106 valence electrons. The largest absolute Gasteiger partial charge is 0.396 e. The summed E-state index contributed by atoms with van der Waals surface area (Å²) in [4.78, 5) is 11.8. The van der Waals surface area contributed by atoms with Gasteiger partial charge in [0, 0.05) is 18.7 Å². The highest BCUT2D eigenvalue weighted by Gasteiger charge is 2.12. The third kappa shape index (κ3) is 5.17. The minimum absolute atomic E-state index is 0.000639. The number of carbonyl (C=O) groups excluding carboxylic acids is 1. The summed E-state index contributed by atoms with van der Waals surface area (Å²) in [6.45, 7) is 2.65. The van der Waals surface area contributed by atoms with Crippen molar-refractivity contribution in [2.45, 2.75) is 26.2 Å². The second-order valence-electron chi connectivity index (χ2n) is 4.51. The van der Waals surface area contributed by atoms with Gasteiger partial charge in [-0.2, -0.15) is 0 Å². The van der Waals surface area contributed by atoms with Gasteiger partial charge in [-0.25, -0.2) is 4.39 Å². The van der Waals surface area contributed by atoms with Crippen molar-refractivity contribution in [1.29, 1.82) is 0 Å². The summed E-state index contributed by atoms with van der Waals surface area (Å²) in [6, 6.07) is 3.98. The van der Waals surface area contributed by atoms with Crippen LogP contribution in [0.3, 0.4) is 0 Å². The zero-order valence-electron chi connectivity index (χ0n) is 11.0. The lowest BCUT2D eigenvalue weighted by molar-refractivity contribution is 0.0942. The van der Waals surface area contributed by atoms with Gasteiger partial charge in [0.05, 0.1) is 5.02 Å². The molecule has 1 aromatic carbocycles. The summed E-state index contributed by atoms with van der Waals surface area (Å²) in [6.07, 6.45) is 2.59.